The summed E-state index contributed by atoms with van der Waals surface area (Å²) in [6.45, 7) is 4.70. The molecule has 1 N–H and O–H groups in total. The fourth-order valence-corrected chi connectivity index (χ4v) is 2.66. The third kappa shape index (κ3) is 2.77. The minimum atomic E-state index is -0.142. The average Bonchev–Trinajstić information content (AvgIpc) is 2.50. The smallest absolute Gasteiger partial charge is 0.232 e. The number of benzene rings is 2. The number of ether oxygens (including phenoxy) is 1. The number of fused-ring (bicyclic) bond motifs is 1. The molecule has 2 aromatic carbocycles. The fourth-order valence-electron chi connectivity index (χ4n) is 2.66. The van der Waals surface area contributed by atoms with Gasteiger partial charge in [-0.3, -0.25) is 4.79 Å². The van der Waals surface area contributed by atoms with E-state index < -0.39 is 0 Å². The van der Waals surface area contributed by atoms with Crippen LogP contribution in [-0.4, -0.2) is 12.5 Å². The first-order valence-electron chi connectivity index (χ1n) is 7.25. The van der Waals surface area contributed by atoms with Gasteiger partial charge in [-0.15, -0.1) is 0 Å². The number of rotatable bonds is 2. The van der Waals surface area contributed by atoms with Gasteiger partial charge in [-0.1, -0.05) is 24.3 Å². The fraction of sp³-hybridized carbons (Fsp3) is 0.278. The van der Waals surface area contributed by atoms with Crippen LogP contribution in [0.3, 0.4) is 0 Å². The zero-order valence-electron chi connectivity index (χ0n) is 12.3. The molecule has 3 heteroatoms. The summed E-state index contributed by atoms with van der Waals surface area (Å²) in [7, 11) is 0. The molecule has 108 valence electrons. The van der Waals surface area contributed by atoms with Crippen LogP contribution >= 0.6 is 0 Å². The predicted octanol–water partition coefficient (Wildman–Crippen LogP) is 3.81. The van der Waals surface area contributed by atoms with Crippen molar-refractivity contribution in [3.8, 4) is 5.75 Å². The van der Waals surface area contributed by atoms with E-state index in [1.807, 2.05) is 42.5 Å². The van der Waals surface area contributed by atoms with Gasteiger partial charge in [0.25, 0.3) is 0 Å². The summed E-state index contributed by atoms with van der Waals surface area (Å²) in [5.41, 5.74) is 4.24. The van der Waals surface area contributed by atoms with E-state index in [4.69, 9.17) is 4.74 Å². The highest BCUT2D eigenvalue weighted by atomic mass is 16.5. The van der Waals surface area contributed by atoms with Crippen LogP contribution in [0.1, 0.15) is 29.0 Å². The zero-order valence-corrected chi connectivity index (χ0v) is 12.3. The minimum absolute atomic E-state index is 0.0361. The summed E-state index contributed by atoms with van der Waals surface area (Å²) in [4.78, 5) is 12.6. The molecule has 0 aromatic heterocycles. The topological polar surface area (TPSA) is 38.3 Å². The first-order chi connectivity index (χ1) is 10.1. The van der Waals surface area contributed by atoms with Gasteiger partial charge >= 0.3 is 0 Å². The van der Waals surface area contributed by atoms with Gasteiger partial charge < -0.3 is 10.1 Å². The largest absolute Gasteiger partial charge is 0.493 e. The van der Waals surface area contributed by atoms with Gasteiger partial charge in [-0.25, -0.2) is 0 Å². The highest BCUT2D eigenvalue weighted by Gasteiger charge is 2.27. The Morgan fingerprint density at radius 3 is 2.76 bits per heavy atom. The maximum absolute atomic E-state index is 12.6. The van der Waals surface area contributed by atoms with Gasteiger partial charge in [0.15, 0.2) is 0 Å². The van der Waals surface area contributed by atoms with Crippen LogP contribution in [-0.2, 0) is 4.79 Å². The molecule has 0 radical (unpaired) electrons. The number of hydrogen-bond donors (Lipinski definition) is 1. The van der Waals surface area contributed by atoms with Crippen molar-refractivity contribution in [1.82, 2.24) is 0 Å². The van der Waals surface area contributed by atoms with Crippen LogP contribution in [0.5, 0.6) is 5.75 Å². The van der Waals surface area contributed by atoms with Gasteiger partial charge in [0.1, 0.15) is 5.75 Å². The van der Waals surface area contributed by atoms with Gasteiger partial charge in [-0.2, -0.15) is 0 Å². The standard InChI is InChI=1S/C18H19NO2/c1-12-7-8-14(11-13(12)2)19-18(20)16-9-10-21-17-6-4-3-5-15(16)17/h3-8,11,16H,9-10H2,1-2H3,(H,19,20). The molecule has 0 aliphatic carbocycles. The van der Waals surface area contributed by atoms with Crippen molar-refractivity contribution in [3.05, 3.63) is 59.2 Å². The first-order valence-corrected chi connectivity index (χ1v) is 7.25. The molecule has 0 fully saturated rings. The molecule has 1 aliphatic rings. The second-order valence-electron chi connectivity index (χ2n) is 5.52. The minimum Gasteiger partial charge on any atom is -0.493 e. The Bertz CT molecular complexity index is 679. The van der Waals surface area contributed by atoms with Crippen molar-refractivity contribution in [2.24, 2.45) is 0 Å². The SMILES string of the molecule is Cc1ccc(NC(=O)C2CCOc3ccccc32)cc1C. The average molecular weight is 281 g/mol. The third-order valence-electron chi connectivity index (χ3n) is 4.05. The van der Waals surface area contributed by atoms with E-state index in [1.165, 1.54) is 11.1 Å². The van der Waals surface area contributed by atoms with Crippen molar-refractivity contribution in [1.29, 1.82) is 0 Å². The molecule has 21 heavy (non-hydrogen) atoms. The number of hydrogen-bond acceptors (Lipinski definition) is 2. The quantitative estimate of drug-likeness (QED) is 0.909. The summed E-state index contributed by atoms with van der Waals surface area (Å²) in [5, 5.41) is 3.03. The zero-order chi connectivity index (χ0) is 14.8. The Morgan fingerprint density at radius 2 is 1.95 bits per heavy atom. The van der Waals surface area contributed by atoms with Crippen molar-refractivity contribution >= 4 is 11.6 Å². The monoisotopic (exact) mass is 281 g/mol. The van der Waals surface area contributed by atoms with Crippen LogP contribution in [0.25, 0.3) is 0 Å². The normalized spacial score (nSPS) is 16.8. The Morgan fingerprint density at radius 1 is 1.14 bits per heavy atom. The molecule has 1 unspecified atom stereocenters. The summed E-state index contributed by atoms with van der Waals surface area (Å²) in [5.74, 6) is 0.717. The van der Waals surface area contributed by atoms with Crippen molar-refractivity contribution < 1.29 is 9.53 Å². The summed E-state index contributed by atoms with van der Waals surface area (Å²) < 4.78 is 5.61. The first kappa shape index (κ1) is 13.7. The lowest BCUT2D eigenvalue weighted by atomic mass is 9.92. The molecule has 1 heterocycles. The highest BCUT2D eigenvalue weighted by molar-refractivity contribution is 5.96. The summed E-state index contributed by atoms with van der Waals surface area (Å²) >= 11 is 0. The maximum atomic E-state index is 12.6. The van der Waals surface area contributed by atoms with Crippen LogP contribution in [0.4, 0.5) is 5.69 Å². The van der Waals surface area contributed by atoms with Gasteiger partial charge in [0.05, 0.1) is 12.5 Å². The maximum Gasteiger partial charge on any atom is 0.232 e. The molecule has 1 amide bonds. The molecule has 3 rings (SSSR count). The van der Waals surface area contributed by atoms with Crippen molar-refractivity contribution in [2.75, 3.05) is 11.9 Å². The van der Waals surface area contributed by atoms with E-state index in [1.54, 1.807) is 0 Å². The molecule has 1 aliphatic heterocycles. The summed E-state index contributed by atoms with van der Waals surface area (Å²) in [6, 6.07) is 13.8. The lowest BCUT2D eigenvalue weighted by molar-refractivity contribution is -0.118. The molecular weight excluding hydrogens is 262 g/mol. The molecule has 0 saturated carbocycles. The molecule has 0 bridgehead atoms. The molecule has 0 saturated heterocycles. The van der Waals surface area contributed by atoms with E-state index in [0.717, 1.165) is 17.0 Å². The van der Waals surface area contributed by atoms with Crippen LogP contribution in [0, 0.1) is 13.8 Å². The van der Waals surface area contributed by atoms with E-state index in [0.29, 0.717) is 13.0 Å². The number of anilines is 1. The third-order valence-corrected chi connectivity index (χ3v) is 4.05. The number of para-hydroxylation sites is 1. The van der Waals surface area contributed by atoms with E-state index >= 15 is 0 Å². The predicted molar refractivity (Wildman–Crippen MR) is 83.8 cm³/mol. The molecular formula is C18H19NO2. The number of amides is 1. The van der Waals surface area contributed by atoms with Crippen LogP contribution in [0.15, 0.2) is 42.5 Å². The van der Waals surface area contributed by atoms with Crippen molar-refractivity contribution in [2.45, 2.75) is 26.2 Å². The Kier molecular flexibility index (Phi) is 3.65. The molecule has 1 atom stereocenters. The number of carbonyl (C=O) groups is 1. The van der Waals surface area contributed by atoms with Gasteiger partial charge in [-0.05, 0) is 49.6 Å². The second kappa shape index (κ2) is 5.60. The Labute approximate surface area is 124 Å². The lowest BCUT2D eigenvalue weighted by Crippen LogP contribution is -2.26. The van der Waals surface area contributed by atoms with Crippen LogP contribution in [0.2, 0.25) is 0 Å². The Balaban J connectivity index is 1.81. The van der Waals surface area contributed by atoms with Gasteiger partial charge in [0.2, 0.25) is 5.91 Å². The van der Waals surface area contributed by atoms with Crippen LogP contribution < -0.4 is 10.1 Å². The van der Waals surface area contributed by atoms with E-state index in [9.17, 15) is 4.79 Å². The number of aryl methyl sites for hydroxylation is 2. The Hall–Kier alpha value is -2.29. The van der Waals surface area contributed by atoms with E-state index in [-0.39, 0.29) is 11.8 Å². The number of carbonyl (C=O) groups excluding carboxylic acids is 1. The second-order valence-corrected chi connectivity index (χ2v) is 5.52. The van der Waals surface area contributed by atoms with Gasteiger partial charge in [0, 0.05) is 11.3 Å². The van der Waals surface area contributed by atoms with E-state index in [2.05, 4.69) is 19.2 Å². The highest BCUT2D eigenvalue weighted by Crippen LogP contribution is 2.34. The molecule has 0 spiro atoms. The number of nitrogens with one attached hydrogen (secondary N) is 1. The lowest BCUT2D eigenvalue weighted by Gasteiger charge is -2.25. The summed E-state index contributed by atoms with van der Waals surface area (Å²) in [6.07, 6.45) is 0.716. The molecule has 2 aromatic rings. The van der Waals surface area contributed by atoms with Crippen molar-refractivity contribution in [3.63, 3.8) is 0 Å². The molecule has 3 nitrogen and oxygen atoms in total.